The van der Waals surface area contributed by atoms with E-state index in [9.17, 15) is 0 Å². The van der Waals surface area contributed by atoms with Crippen LogP contribution in [0, 0.1) is 5.92 Å². The number of nitrogens with one attached hydrogen (secondary N) is 1. The summed E-state index contributed by atoms with van der Waals surface area (Å²) in [6.07, 6.45) is 2.96. The summed E-state index contributed by atoms with van der Waals surface area (Å²) in [6.45, 7) is 7.58. The topological polar surface area (TPSA) is 84.9 Å². The molecule has 3 N–H and O–H groups in total. The molecule has 7 heteroatoms. The molecule has 2 aromatic carbocycles. The van der Waals surface area contributed by atoms with Gasteiger partial charge in [0.15, 0.2) is 11.5 Å². The number of nitrogen functional groups attached to an aromatic ring is 1. The zero-order valence-corrected chi connectivity index (χ0v) is 21.7. The normalized spacial score (nSPS) is 15.9. The molecule has 6 rings (SSSR count). The summed E-state index contributed by atoms with van der Waals surface area (Å²) in [5.41, 5.74) is 13.0. The van der Waals surface area contributed by atoms with Gasteiger partial charge in [-0.1, -0.05) is 49.4 Å². The first-order valence-electron chi connectivity index (χ1n) is 13.4. The van der Waals surface area contributed by atoms with E-state index in [0.29, 0.717) is 5.82 Å². The average molecular weight is 504 g/mol. The first-order chi connectivity index (χ1) is 18.7. The maximum absolute atomic E-state index is 6.30. The number of aromatic nitrogens is 4. The van der Waals surface area contributed by atoms with Crippen molar-refractivity contribution < 1.29 is 0 Å². The lowest BCUT2D eigenvalue weighted by atomic mass is 10.1. The molecule has 0 spiro atoms. The Hall–Kier alpha value is -4.07. The lowest BCUT2D eigenvalue weighted by Gasteiger charge is -2.17. The number of nitrogens with zero attached hydrogens (tertiary/aromatic N) is 5. The number of hydrogen-bond acceptors (Lipinski definition) is 6. The van der Waals surface area contributed by atoms with Crippen molar-refractivity contribution in [3.8, 4) is 28.3 Å². The second-order valence-electron chi connectivity index (χ2n) is 9.98. The van der Waals surface area contributed by atoms with Gasteiger partial charge in [-0.25, -0.2) is 15.0 Å². The predicted octanol–water partition coefficient (Wildman–Crippen LogP) is 5.16. The Morgan fingerprint density at radius 2 is 1.79 bits per heavy atom. The molecule has 5 aromatic rings. The van der Waals surface area contributed by atoms with E-state index in [2.05, 4.69) is 63.1 Å². The summed E-state index contributed by atoms with van der Waals surface area (Å²) >= 11 is 0. The third-order valence-electron chi connectivity index (χ3n) is 7.31. The molecule has 38 heavy (non-hydrogen) atoms. The largest absolute Gasteiger partial charge is 0.383 e. The first kappa shape index (κ1) is 24.3. The van der Waals surface area contributed by atoms with Crippen LogP contribution in [-0.2, 0) is 6.54 Å². The molecule has 1 fully saturated rings. The zero-order valence-electron chi connectivity index (χ0n) is 21.7. The van der Waals surface area contributed by atoms with Gasteiger partial charge in [-0.2, -0.15) is 0 Å². The van der Waals surface area contributed by atoms with Gasteiger partial charge in [0, 0.05) is 30.5 Å². The van der Waals surface area contributed by atoms with Crippen molar-refractivity contribution in [3.05, 3.63) is 90.6 Å². The summed E-state index contributed by atoms with van der Waals surface area (Å²) in [7, 11) is 0. The SMILES string of the molecule is CCNCC1CCN(Cc2ccc(-n3c(-c4cccnc4N)nc4ccc(-c5ccccc5)nc43)cc2)C1. The fraction of sp³-hybridized carbons (Fsp3) is 0.258. The molecular formula is C31H33N7. The van der Waals surface area contributed by atoms with Crippen LogP contribution in [0.1, 0.15) is 18.9 Å². The van der Waals surface area contributed by atoms with Crippen molar-refractivity contribution in [2.24, 2.45) is 5.92 Å². The molecule has 7 nitrogen and oxygen atoms in total. The highest BCUT2D eigenvalue weighted by atomic mass is 15.2. The third-order valence-corrected chi connectivity index (χ3v) is 7.31. The van der Waals surface area contributed by atoms with E-state index in [1.54, 1.807) is 6.20 Å². The molecule has 1 aliphatic rings. The second kappa shape index (κ2) is 10.7. The number of imidazole rings is 1. The van der Waals surface area contributed by atoms with Gasteiger partial charge in [0.1, 0.15) is 11.3 Å². The molecule has 0 bridgehead atoms. The molecule has 4 heterocycles. The number of fused-ring (bicyclic) bond motifs is 1. The van der Waals surface area contributed by atoms with E-state index in [4.69, 9.17) is 15.7 Å². The maximum Gasteiger partial charge on any atom is 0.165 e. The summed E-state index contributed by atoms with van der Waals surface area (Å²) in [6, 6.07) is 26.9. The number of anilines is 1. The van der Waals surface area contributed by atoms with Crippen LogP contribution in [0.4, 0.5) is 5.82 Å². The number of likely N-dealkylation sites (tertiary alicyclic amines) is 1. The minimum Gasteiger partial charge on any atom is -0.383 e. The number of benzene rings is 2. The second-order valence-corrected chi connectivity index (χ2v) is 9.98. The standard InChI is InChI=1S/C31H33N7/c1-2-33-19-23-16-18-37(21-23)20-22-10-12-25(13-11-22)38-30(26-9-6-17-34-29(26)32)36-28-15-14-27(35-31(28)38)24-7-4-3-5-8-24/h3-15,17,23,33H,2,16,18-21H2,1H3,(H2,32,34). The Labute approximate surface area is 223 Å². The van der Waals surface area contributed by atoms with Crippen LogP contribution in [0.15, 0.2) is 85.1 Å². The highest BCUT2D eigenvalue weighted by molar-refractivity contribution is 5.84. The molecule has 0 aliphatic carbocycles. The molecule has 0 amide bonds. The van der Waals surface area contributed by atoms with E-state index in [1.807, 2.05) is 42.5 Å². The highest BCUT2D eigenvalue weighted by Crippen LogP contribution is 2.32. The van der Waals surface area contributed by atoms with Crippen LogP contribution in [0.25, 0.3) is 39.5 Å². The van der Waals surface area contributed by atoms with Gasteiger partial charge in [-0.3, -0.25) is 9.47 Å². The minimum atomic E-state index is 0.449. The van der Waals surface area contributed by atoms with E-state index < -0.39 is 0 Å². The van der Waals surface area contributed by atoms with Gasteiger partial charge < -0.3 is 11.1 Å². The molecule has 192 valence electrons. The molecule has 1 atom stereocenters. The quantitative estimate of drug-likeness (QED) is 0.304. The van der Waals surface area contributed by atoms with Crippen LogP contribution in [0.3, 0.4) is 0 Å². The van der Waals surface area contributed by atoms with Gasteiger partial charge in [-0.05, 0) is 73.9 Å². The van der Waals surface area contributed by atoms with Crippen molar-refractivity contribution in [1.29, 1.82) is 0 Å². The highest BCUT2D eigenvalue weighted by Gasteiger charge is 2.22. The van der Waals surface area contributed by atoms with Crippen molar-refractivity contribution in [1.82, 2.24) is 29.7 Å². The summed E-state index contributed by atoms with van der Waals surface area (Å²) < 4.78 is 2.10. The van der Waals surface area contributed by atoms with Crippen LogP contribution in [0.2, 0.25) is 0 Å². The van der Waals surface area contributed by atoms with Gasteiger partial charge in [0.2, 0.25) is 0 Å². The smallest absolute Gasteiger partial charge is 0.165 e. The fourth-order valence-corrected chi connectivity index (χ4v) is 5.34. The van der Waals surface area contributed by atoms with Gasteiger partial charge in [0.25, 0.3) is 0 Å². The lowest BCUT2D eigenvalue weighted by molar-refractivity contribution is 0.314. The summed E-state index contributed by atoms with van der Waals surface area (Å²) in [5, 5.41) is 3.49. The Morgan fingerprint density at radius 3 is 2.58 bits per heavy atom. The van der Waals surface area contributed by atoms with E-state index >= 15 is 0 Å². The van der Waals surface area contributed by atoms with Crippen molar-refractivity contribution in [3.63, 3.8) is 0 Å². The zero-order chi connectivity index (χ0) is 25.9. The van der Waals surface area contributed by atoms with Gasteiger partial charge in [-0.15, -0.1) is 0 Å². The summed E-state index contributed by atoms with van der Waals surface area (Å²) in [5.74, 6) is 1.93. The lowest BCUT2D eigenvalue weighted by Crippen LogP contribution is -2.26. The van der Waals surface area contributed by atoms with E-state index in [-0.39, 0.29) is 0 Å². The Balaban J connectivity index is 1.36. The third kappa shape index (κ3) is 4.90. The Kier molecular flexibility index (Phi) is 6.86. The van der Waals surface area contributed by atoms with Crippen LogP contribution >= 0.6 is 0 Å². The molecule has 1 aliphatic heterocycles. The van der Waals surface area contributed by atoms with E-state index in [0.717, 1.165) is 78.1 Å². The first-order valence-corrected chi connectivity index (χ1v) is 13.4. The maximum atomic E-state index is 6.30. The van der Waals surface area contributed by atoms with Crippen LogP contribution in [-0.4, -0.2) is 50.6 Å². The van der Waals surface area contributed by atoms with Crippen molar-refractivity contribution in [2.45, 2.75) is 19.9 Å². The minimum absolute atomic E-state index is 0.449. The average Bonchev–Trinajstić information content (AvgIpc) is 3.57. The molecule has 0 saturated carbocycles. The Morgan fingerprint density at radius 1 is 0.947 bits per heavy atom. The number of pyridine rings is 2. The van der Waals surface area contributed by atoms with Crippen LogP contribution < -0.4 is 11.1 Å². The number of hydrogen-bond donors (Lipinski definition) is 2. The van der Waals surface area contributed by atoms with Gasteiger partial charge in [0.05, 0.1) is 11.3 Å². The molecular weight excluding hydrogens is 470 g/mol. The molecule has 1 saturated heterocycles. The van der Waals surface area contributed by atoms with Crippen molar-refractivity contribution >= 4 is 17.0 Å². The van der Waals surface area contributed by atoms with Crippen molar-refractivity contribution in [2.75, 3.05) is 31.9 Å². The van der Waals surface area contributed by atoms with Crippen LogP contribution in [0.5, 0.6) is 0 Å². The number of nitrogens with two attached hydrogens (primary N) is 1. The van der Waals surface area contributed by atoms with E-state index in [1.165, 1.54) is 12.0 Å². The Bertz CT molecular complexity index is 1530. The monoisotopic (exact) mass is 503 g/mol. The molecule has 3 aromatic heterocycles. The fourth-order valence-electron chi connectivity index (χ4n) is 5.34. The molecule has 0 radical (unpaired) electrons. The predicted molar refractivity (Wildman–Crippen MR) is 154 cm³/mol. The van der Waals surface area contributed by atoms with Gasteiger partial charge >= 0.3 is 0 Å². The molecule has 1 unspecified atom stereocenters. The summed E-state index contributed by atoms with van der Waals surface area (Å²) in [4.78, 5) is 16.9. The number of rotatable bonds is 8.